The average molecular weight is 303 g/mol. The highest BCUT2D eigenvalue weighted by Gasteiger charge is 2.21. The molecular formula is C9H26B6N4O3. The Balaban J connectivity index is 3.72. The highest BCUT2D eigenvalue weighted by molar-refractivity contribution is 6.74. The van der Waals surface area contributed by atoms with Gasteiger partial charge in [0, 0.05) is 24.4 Å². The Kier molecular flexibility index (Phi) is 9.71. The second-order valence-electron chi connectivity index (χ2n) is 6.44. The van der Waals surface area contributed by atoms with E-state index >= 15 is 0 Å². The SMILES string of the molecule is B/C(=N\O)C(B)(B)NCCCOCCNC(B)(B)/C(B)=N/O. The number of ether oxygens (including phenoxy) is 1. The summed E-state index contributed by atoms with van der Waals surface area (Å²) < 4.78 is 5.56. The number of hydrogen-bond acceptors (Lipinski definition) is 7. The van der Waals surface area contributed by atoms with E-state index in [0.29, 0.717) is 31.0 Å². The highest BCUT2D eigenvalue weighted by Crippen LogP contribution is 1.95. The zero-order valence-corrected chi connectivity index (χ0v) is 14.7. The maximum absolute atomic E-state index is 8.79. The van der Waals surface area contributed by atoms with Gasteiger partial charge in [0.15, 0.2) is 15.7 Å². The normalized spacial score (nSPS) is 14.2. The van der Waals surface area contributed by atoms with Gasteiger partial charge in [-0.05, 0) is 23.6 Å². The number of rotatable bonds is 11. The second kappa shape index (κ2) is 10.1. The molecule has 0 aliphatic carbocycles. The van der Waals surface area contributed by atoms with Gasteiger partial charge in [-0.1, -0.05) is 0 Å². The van der Waals surface area contributed by atoms with Gasteiger partial charge in [-0.3, -0.25) is 0 Å². The summed E-state index contributed by atoms with van der Waals surface area (Å²) in [5.74, 6) is 0. The molecule has 7 nitrogen and oxygen atoms in total. The van der Waals surface area contributed by atoms with Gasteiger partial charge in [0.2, 0.25) is 0 Å². The summed E-state index contributed by atoms with van der Waals surface area (Å²) in [5.41, 5.74) is 1.29. The molecule has 0 heterocycles. The Morgan fingerprint density at radius 2 is 1.32 bits per heavy atom. The molecule has 0 rings (SSSR count). The van der Waals surface area contributed by atoms with Gasteiger partial charge in [-0.2, -0.15) is 0 Å². The number of oxime groups is 2. The lowest BCUT2D eigenvalue weighted by molar-refractivity contribution is 0.133. The molecule has 0 aromatic carbocycles. The third-order valence-electron chi connectivity index (χ3n) is 3.95. The molecule has 13 heteroatoms. The molecule has 0 aliphatic heterocycles. The number of nitrogens with one attached hydrogen (secondary N) is 2. The topological polar surface area (TPSA) is 98.5 Å². The Morgan fingerprint density at radius 3 is 1.77 bits per heavy atom. The van der Waals surface area contributed by atoms with E-state index in [1.807, 2.05) is 31.4 Å². The van der Waals surface area contributed by atoms with E-state index < -0.39 is 0 Å². The van der Waals surface area contributed by atoms with Crippen LogP contribution in [0.3, 0.4) is 0 Å². The minimum atomic E-state index is -0.342. The van der Waals surface area contributed by atoms with Crippen LogP contribution in [-0.4, -0.2) is 106 Å². The van der Waals surface area contributed by atoms with E-state index in [0.717, 1.165) is 13.0 Å². The lowest BCUT2D eigenvalue weighted by Gasteiger charge is -2.26. The standard InChI is InChI=1S/C9H26B6N4O3/c10-6(18-20)8(12,13)16-2-1-4-22-5-3-17-9(14,15)7(11)19-21/h16-17,20-21H,1-5,10-15H2/b18-6-,19-7-. The predicted molar refractivity (Wildman–Crippen MR) is 107 cm³/mol. The molecule has 0 bridgehead atoms. The molecule has 0 spiro atoms. The molecule has 0 unspecified atom stereocenters. The maximum atomic E-state index is 8.79. The summed E-state index contributed by atoms with van der Waals surface area (Å²) in [5, 5.41) is 29.9. The van der Waals surface area contributed by atoms with E-state index in [2.05, 4.69) is 20.9 Å². The summed E-state index contributed by atoms with van der Waals surface area (Å²) in [6, 6.07) is 0. The monoisotopic (exact) mass is 304 g/mol. The van der Waals surface area contributed by atoms with Crippen LogP contribution in [0, 0.1) is 0 Å². The third-order valence-corrected chi connectivity index (χ3v) is 3.95. The fraction of sp³-hybridized carbons (Fsp3) is 0.778. The van der Waals surface area contributed by atoms with Crippen molar-refractivity contribution in [2.24, 2.45) is 10.3 Å². The van der Waals surface area contributed by atoms with Crippen LogP contribution in [0.1, 0.15) is 6.42 Å². The summed E-state index contributed by atoms with van der Waals surface area (Å²) in [7, 11) is 11.4. The van der Waals surface area contributed by atoms with Gasteiger partial charge < -0.3 is 25.8 Å². The van der Waals surface area contributed by atoms with Crippen molar-refractivity contribution in [2.75, 3.05) is 26.3 Å². The molecule has 0 aromatic heterocycles. The summed E-state index contributed by atoms with van der Waals surface area (Å²) >= 11 is 0. The zero-order valence-electron chi connectivity index (χ0n) is 14.7. The van der Waals surface area contributed by atoms with Crippen molar-refractivity contribution in [3.8, 4) is 0 Å². The Bertz CT molecular complexity index is 358. The first-order valence-corrected chi connectivity index (χ1v) is 7.63. The van der Waals surface area contributed by atoms with Gasteiger partial charge >= 0.3 is 0 Å². The molecular weight excluding hydrogens is 277 g/mol. The van der Waals surface area contributed by atoms with Gasteiger partial charge in [-0.25, -0.2) is 0 Å². The van der Waals surface area contributed by atoms with Crippen molar-refractivity contribution in [3.63, 3.8) is 0 Å². The molecule has 0 aliphatic rings. The molecule has 0 fully saturated rings. The van der Waals surface area contributed by atoms with Gasteiger partial charge in [0.05, 0.1) is 6.61 Å². The summed E-state index contributed by atoms with van der Waals surface area (Å²) in [4.78, 5) is 0. The molecule has 0 saturated carbocycles. The van der Waals surface area contributed by atoms with Crippen LogP contribution < -0.4 is 10.6 Å². The van der Waals surface area contributed by atoms with E-state index in [1.165, 1.54) is 0 Å². The largest absolute Gasteiger partial charge is 0.412 e. The predicted octanol–water partition coefficient (Wildman–Crippen LogP) is -6.75. The Morgan fingerprint density at radius 1 is 0.864 bits per heavy atom. The van der Waals surface area contributed by atoms with Crippen LogP contribution in [0.25, 0.3) is 0 Å². The minimum absolute atomic E-state index is 0.318. The van der Waals surface area contributed by atoms with Crippen molar-refractivity contribution in [1.82, 2.24) is 10.6 Å². The van der Waals surface area contributed by atoms with Crippen LogP contribution in [0.2, 0.25) is 0 Å². The van der Waals surface area contributed by atoms with Crippen LogP contribution in [0.15, 0.2) is 10.3 Å². The van der Waals surface area contributed by atoms with Gasteiger partial charge in [0.1, 0.15) is 31.4 Å². The first kappa shape index (κ1) is 21.2. The quantitative estimate of drug-likeness (QED) is 0.1000. The first-order chi connectivity index (χ1) is 10.2. The molecule has 0 aromatic rings. The van der Waals surface area contributed by atoms with E-state index in [9.17, 15) is 0 Å². The fourth-order valence-corrected chi connectivity index (χ4v) is 1.62. The van der Waals surface area contributed by atoms with Crippen LogP contribution in [0.5, 0.6) is 0 Å². The third kappa shape index (κ3) is 8.00. The Hall–Kier alpha value is -0.790. The molecule has 0 radical (unpaired) electrons. The lowest BCUT2D eigenvalue weighted by Crippen LogP contribution is -2.54. The van der Waals surface area contributed by atoms with Crippen molar-refractivity contribution >= 4 is 58.3 Å². The van der Waals surface area contributed by atoms with Crippen molar-refractivity contribution in [3.05, 3.63) is 0 Å². The molecule has 4 N–H and O–H groups in total. The molecule has 0 atom stereocenters. The van der Waals surface area contributed by atoms with E-state index in [4.69, 9.17) is 15.2 Å². The molecule has 0 amide bonds. The summed E-state index contributed by atoms with van der Waals surface area (Å²) in [6.07, 6.45) is 0.878. The molecule has 0 saturated heterocycles. The van der Waals surface area contributed by atoms with Crippen molar-refractivity contribution < 1.29 is 15.2 Å². The van der Waals surface area contributed by atoms with Crippen LogP contribution in [0.4, 0.5) is 0 Å². The second-order valence-corrected chi connectivity index (χ2v) is 6.44. The molecule has 118 valence electrons. The average Bonchev–Trinajstić information content (AvgIpc) is 2.47. The smallest absolute Gasteiger partial charge is 0.163 e. The molecule has 22 heavy (non-hydrogen) atoms. The lowest BCUT2D eigenvalue weighted by atomic mass is 9.54. The zero-order chi connectivity index (χ0) is 17.2. The maximum Gasteiger partial charge on any atom is 0.163 e. The van der Waals surface area contributed by atoms with Crippen LogP contribution in [-0.2, 0) is 4.74 Å². The fourth-order valence-electron chi connectivity index (χ4n) is 1.62. The van der Waals surface area contributed by atoms with E-state index in [-0.39, 0.29) is 10.7 Å². The van der Waals surface area contributed by atoms with Crippen LogP contribution >= 0.6 is 0 Å². The minimum Gasteiger partial charge on any atom is -0.412 e. The number of nitrogens with zero attached hydrogens (tertiary/aromatic N) is 2. The Labute approximate surface area is 138 Å². The van der Waals surface area contributed by atoms with Gasteiger partial charge in [0.25, 0.3) is 0 Å². The number of hydrogen-bond donors (Lipinski definition) is 4. The first-order valence-electron chi connectivity index (χ1n) is 7.63. The van der Waals surface area contributed by atoms with Gasteiger partial charge in [-0.15, -0.1) is 10.3 Å². The van der Waals surface area contributed by atoms with Crippen molar-refractivity contribution in [1.29, 1.82) is 0 Å². The van der Waals surface area contributed by atoms with E-state index in [1.54, 1.807) is 15.7 Å². The highest BCUT2D eigenvalue weighted by atomic mass is 16.5. The van der Waals surface area contributed by atoms with Crippen molar-refractivity contribution in [2.45, 2.75) is 17.1 Å². The summed E-state index contributed by atoms with van der Waals surface area (Å²) in [6.45, 7) is 2.74.